The lowest BCUT2D eigenvalue weighted by molar-refractivity contribution is -0.141. The van der Waals surface area contributed by atoms with Crippen molar-refractivity contribution in [2.75, 3.05) is 12.1 Å². The molecule has 1 fully saturated rings. The van der Waals surface area contributed by atoms with Gasteiger partial charge in [-0.05, 0) is 64.5 Å². The largest absolute Gasteiger partial charge is 0.508 e. The van der Waals surface area contributed by atoms with E-state index in [1.54, 1.807) is 6.08 Å². The topological polar surface area (TPSA) is 108 Å². The van der Waals surface area contributed by atoms with Crippen molar-refractivity contribution >= 4 is 68.3 Å². The van der Waals surface area contributed by atoms with Gasteiger partial charge in [-0.25, -0.2) is 4.98 Å². The number of phenols is 1. The van der Waals surface area contributed by atoms with Crippen LogP contribution in [0.5, 0.6) is 5.75 Å². The maximum absolute atomic E-state index is 14.0. The molecule has 222 valence electrons. The quantitative estimate of drug-likeness (QED) is 0.241. The van der Waals surface area contributed by atoms with E-state index in [0.717, 1.165) is 16.1 Å². The zero-order valence-electron chi connectivity index (χ0n) is 22.0. The summed E-state index contributed by atoms with van der Waals surface area (Å²) in [7, 11) is 1.22. The van der Waals surface area contributed by atoms with E-state index in [1.807, 2.05) is 0 Å². The van der Waals surface area contributed by atoms with Gasteiger partial charge in [-0.2, -0.15) is 18.2 Å². The van der Waals surface area contributed by atoms with Gasteiger partial charge in [-0.3, -0.25) is 24.2 Å². The van der Waals surface area contributed by atoms with Crippen molar-refractivity contribution in [1.29, 1.82) is 0 Å². The van der Waals surface area contributed by atoms with Crippen LogP contribution in [-0.4, -0.2) is 45.5 Å². The number of nitrogens with zero attached hydrogens (tertiary/aromatic N) is 3. The van der Waals surface area contributed by atoms with Gasteiger partial charge >= 0.3 is 6.18 Å². The summed E-state index contributed by atoms with van der Waals surface area (Å²) >= 11 is 15.8. The molecule has 1 aliphatic heterocycles. The first kappa shape index (κ1) is 29.6. The molecule has 3 aliphatic carbocycles. The highest BCUT2D eigenvalue weighted by atomic mass is 79.9. The lowest BCUT2D eigenvalue weighted by Crippen LogP contribution is -2.46. The third kappa shape index (κ3) is 4.61. The number of hydrazine groups is 1. The van der Waals surface area contributed by atoms with Crippen LogP contribution >= 0.6 is 39.1 Å². The summed E-state index contributed by atoms with van der Waals surface area (Å²) in [5.41, 5.74) is 0.165. The summed E-state index contributed by atoms with van der Waals surface area (Å²) in [6.07, 6.45) is -1.79. The van der Waals surface area contributed by atoms with Gasteiger partial charge in [0.2, 0.25) is 0 Å². The molecule has 0 spiro atoms. The Morgan fingerprint density at radius 3 is 2.44 bits per heavy atom. The minimum Gasteiger partial charge on any atom is -0.508 e. The maximum atomic E-state index is 14.0. The van der Waals surface area contributed by atoms with Gasteiger partial charge in [-0.15, -0.1) is 0 Å². The van der Waals surface area contributed by atoms with Crippen molar-refractivity contribution in [1.82, 2.24) is 9.99 Å². The zero-order chi connectivity index (χ0) is 31.1. The van der Waals surface area contributed by atoms with Crippen molar-refractivity contribution in [3.05, 3.63) is 85.0 Å². The Bertz CT molecular complexity index is 1750. The van der Waals surface area contributed by atoms with E-state index in [2.05, 4.69) is 20.9 Å². The van der Waals surface area contributed by atoms with E-state index in [1.165, 1.54) is 31.3 Å². The van der Waals surface area contributed by atoms with Crippen LogP contribution in [-0.2, 0) is 25.4 Å². The number of imide groups is 1. The molecule has 43 heavy (non-hydrogen) atoms. The van der Waals surface area contributed by atoms with Crippen LogP contribution in [0.2, 0.25) is 10.0 Å². The fourth-order valence-electron chi connectivity index (χ4n) is 6.50. The number of phenolic OH excluding ortho intramolecular Hbond substituents is 1. The Labute approximate surface area is 260 Å². The summed E-state index contributed by atoms with van der Waals surface area (Å²) in [5.74, 6) is -6.22. The molecular weight excluding hydrogens is 678 g/mol. The molecule has 2 amide bonds. The summed E-state index contributed by atoms with van der Waals surface area (Å²) < 4.78 is 40.3. The average Bonchev–Trinajstić information content (AvgIpc) is 3.19. The number of hydrogen-bond acceptors (Lipinski definition) is 7. The van der Waals surface area contributed by atoms with Crippen molar-refractivity contribution in [2.45, 2.75) is 24.9 Å². The molecule has 0 bridgehead atoms. The summed E-state index contributed by atoms with van der Waals surface area (Å²) in [4.78, 5) is 57.9. The Morgan fingerprint density at radius 1 is 1.05 bits per heavy atom. The highest BCUT2D eigenvalue weighted by Gasteiger charge is 2.58. The third-order valence-electron chi connectivity index (χ3n) is 8.33. The number of hydrogen-bond donors (Lipinski definition) is 1. The second kappa shape index (κ2) is 10.3. The number of anilines is 1. The third-order valence-corrected chi connectivity index (χ3v) is 9.54. The lowest BCUT2D eigenvalue weighted by Gasteiger charge is -2.42. The molecule has 0 radical (unpaired) electrons. The summed E-state index contributed by atoms with van der Waals surface area (Å²) in [6, 6.07) is 5.92. The van der Waals surface area contributed by atoms with Crippen LogP contribution in [0.3, 0.4) is 0 Å². The SMILES string of the molecule is CN(c1nc(C(F)(F)F)ccc1Cl)N1C(=O)[C@H]2[C@H](CC=C3[C@H](c4ccc(O)cc4Cl)C4=C(C[C@H]32)C(=O)C(Br)=CC4=O)C1=O. The van der Waals surface area contributed by atoms with E-state index in [9.17, 15) is 37.5 Å². The molecule has 0 saturated carbocycles. The molecule has 2 aromatic rings. The smallest absolute Gasteiger partial charge is 0.433 e. The van der Waals surface area contributed by atoms with Crippen LogP contribution in [0.25, 0.3) is 0 Å². The standard InChI is InChI=1S/C29H19BrCl2F3N3O5/c1-37(26-18(31)6-7-21(36-26)29(33,34)35)38-27(42)14-5-4-12-15(23(14)28(38)43)9-16-24(20(40)10-17(30)25(16)41)22(12)13-3-2-11(39)8-19(13)32/h2-4,6-8,10,14-15,22-23,39H,5,9H2,1H3/t14-,15+,22+,23-/m0/s1. The number of halogens is 6. The minimum absolute atomic E-state index is 0.0266. The van der Waals surface area contributed by atoms with Crippen molar-refractivity contribution in [3.63, 3.8) is 0 Å². The highest BCUT2D eigenvalue weighted by Crippen LogP contribution is 2.56. The van der Waals surface area contributed by atoms with Crippen molar-refractivity contribution < 1.29 is 37.5 Å². The first-order valence-corrected chi connectivity index (χ1v) is 14.5. The molecule has 8 nitrogen and oxygen atoms in total. The fraction of sp³-hybridized carbons (Fsp3) is 0.276. The van der Waals surface area contributed by atoms with Gasteiger partial charge in [-0.1, -0.05) is 40.9 Å². The van der Waals surface area contributed by atoms with Crippen LogP contribution in [0.4, 0.5) is 19.0 Å². The van der Waals surface area contributed by atoms with Crippen LogP contribution < -0.4 is 5.01 Å². The van der Waals surface area contributed by atoms with E-state index < -0.39 is 64.7 Å². The van der Waals surface area contributed by atoms with Gasteiger partial charge in [0.05, 0.1) is 21.3 Å². The predicted molar refractivity (Wildman–Crippen MR) is 152 cm³/mol. The lowest BCUT2D eigenvalue weighted by atomic mass is 9.59. The molecule has 1 aromatic carbocycles. The summed E-state index contributed by atoms with van der Waals surface area (Å²) in [5, 5.41) is 11.5. The zero-order valence-corrected chi connectivity index (χ0v) is 25.1. The number of ketones is 2. The normalized spacial score (nSPS) is 25.3. The van der Waals surface area contributed by atoms with Gasteiger partial charge in [0.15, 0.2) is 17.4 Å². The molecule has 1 saturated heterocycles. The predicted octanol–water partition coefficient (Wildman–Crippen LogP) is 5.93. The molecule has 1 aromatic heterocycles. The second-order valence-electron chi connectivity index (χ2n) is 10.6. The number of pyridine rings is 1. The van der Waals surface area contributed by atoms with Gasteiger partial charge in [0.25, 0.3) is 11.8 Å². The minimum atomic E-state index is -4.79. The number of amides is 2. The number of carbonyl (C=O) groups is 4. The Kier molecular flexibility index (Phi) is 7.09. The number of allylic oxidation sites excluding steroid dienone is 6. The number of benzene rings is 1. The van der Waals surface area contributed by atoms with Crippen LogP contribution in [0.1, 0.15) is 30.0 Å². The molecular formula is C29H19BrCl2F3N3O5. The highest BCUT2D eigenvalue weighted by molar-refractivity contribution is 9.12. The van der Waals surface area contributed by atoms with Crippen molar-refractivity contribution in [3.8, 4) is 5.75 Å². The van der Waals surface area contributed by atoms with Gasteiger partial charge in [0.1, 0.15) is 11.4 Å². The van der Waals surface area contributed by atoms with E-state index in [0.29, 0.717) is 17.2 Å². The van der Waals surface area contributed by atoms with E-state index in [-0.39, 0.29) is 44.3 Å². The number of fused-ring (bicyclic) bond motifs is 3. The van der Waals surface area contributed by atoms with Crippen LogP contribution in [0, 0.1) is 17.8 Å². The first-order valence-electron chi connectivity index (χ1n) is 12.9. The number of Topliss-reactive ketones (excluding diaryl/α,β-unsaturated/α-hetero) is 1. The second-order valence-corrected chi connectivity index (χ2v) is 12.3. The van der Waals surface area contributed by atoms with Gasteiger partial charge in [0, 0.05) is 35.2 Å². The van der Waals surface area contributed by atoms with Crippen molar-refractivity contribution in [2.24, 2.45) is 17.8 Å². The Hall–Kier alpha value is -3.48. The first-order chi connectivity index (χ1) is 20.2. The molecule has 14 heteroatoms. The number of alkyl halides is 3. The summed E-state index contributed by atoms with van der Waals surface area (Å²) in [6.45, 7) is 0. The molecule has 4 aliphatic rings. The van der Waals surface area contributed by atoms with Crippen LogP contribution in [0.15, 0.2) is 63.7 Å². The van der Waals surface area contributed by atoms with E-state index >= 15 is 0 Å². The molecule has 4 atom stereocenters. The number of carbonyl (C=O) groups excluding carboxylic acids is 4. The fourth-order valence-corrected chi connectivity index (χ4v) is 7.46. The molecule has 0 unspecified atom stereocenters. The molecule has 2 heterocycles. The molecule has 6 rings (SSSR count). The van der Waals surface area contributed by atoms with Gasteiger partial charge < -0.3 is 5.11 Å². The Morgan fingerprint density at radius 2 is 1.77 bits per heavy atom. The number of rotatable bonds is 3. The molecule has 1 N–H and O–H groups in total. The average molecular weight is 697 g/mol. The van der Waals surface area contributed by atoms with E-state index in [4.69, 9.17) is 23.2 Å². The number of aromatic nitrogens is 1. The number of aromatic hydroxyl groups is 1. The Balaban J connectivity index is 1.44. The maximum Gasteiger partial charge on any atom is 0.433 e. The monoisotopic (exact) mass is 695 g/mol.